The van der Waals surface area contributed by atoms with Crippen molar-refractivity contribution in [3.05, 3.63) is 28.8 Å². The van der Waals surface area contributed by atoms with Crippen LogP contribution in [0.15, 0.2) is 18.2 Å². The Hall–Kier alpha value is -1.22. The number of halogens is 1. The molecule has 4 heteroatoms. The summed E-state index contributed by atoms with van der Waals surface area (Å²) < 4.78 is 4.84. The topological polar surface area (TPSA) is 38.3 Å². The SMILES string of the molecule is CCC1CCCCC1Nc1ccc(Cl)cc1C(=O)OC. The Kier molecular flexibility index (Phi) is 5.30. The van der Waals surface area contributed by atoms with Gasteiger partial charge in [0.1, 0.15) is 0 Å². The molecule has 0 aliphatic heterocycles. The fourth-order valence-electron chi connectivity index (χ4n) is 3.01. The molecule has 1 N–H and O–H groups in total. The number of anilines is 1. The molecule has 1 aliphatic rings. The van der Waals surface area contributed by atoms with Crippen LogP contribution < -0.4 is 5.32 Å². The summed E-state index contributed by atoms with van der Waals surface area (Å²) in [6.07, 6.45) is 6.13. The standard InChI is InChI=1S/C16H22ClNO2/c1-3-11-6-4-5-7-14(11)18-15-9-8-12(17)10-13(15)16(19)20-2/h8-11,14,18H,3-7H2,1-2H3. The monoisotopic (exact) mass is 295 g/mol. The van der Waals surface area contributed by atoms with Gasteiger partial charge < -0.3 is 10.1 Å². The van der Waals surface area contributed by atoms with Crippen LogP contribution in [0.4, 0.5) is 5.69 Å². The summed E-state index contributed by atoms with van der Waals surface area (Å²) in [7, 11) is 1.39. The minimum atomic E-state index is -0.348. The Balaban J connectivity index is 2.21. The highest BCUT2D eigenvalue weighted by molar-refractivity contribution is 6.31. The lowest BCUT2D eigenvalue weighted by atomic mass is 9.82. The Morgan fingerprint density at radius 2 is 2.15 bits per heavy atom. The van der Waals surface area contributed by atoms with Gasteiger partial charge in [-0.3, -0.25) is 0 Å². The molecule has 2 rings (SSSR count). The van der Waals surface area contributed by atoms with E-state index in [0.717, 1.165) is 12.1 Å². The van der Waals surface area contributed by atoms with Gasteiger partial charge in [-0.25, -0.2) is 4.79 Å². The van der Waals surface area contributed by atoms with Crippen LogP contribution in [0.5, 0.6) is 0 Å². The van der Waals surface area contributed by atoms with E-state index >= 15 is 0 Å². The molecular formula is C16H22ClNO2. The Morgan fingerprint density at radius 3 is 2.85 bits per heavy atom. The molecule has 20 heavy (non-hydrogen) atoms. The number of hydrogen-bond acceptors (Lipinski definition) is 3. The molecular weight excluding hydrogens is 274 g/mol. The minimum Gasteiger partial charge on any atom is -0.465 e. The van der Waals surface area contributed by atoms with Gasteiger partial charge in [-0.05, 0) is 37.0 Å². The molecule has 0 heterocycles. The van der Waals surface area contributed by atoms with Gasteiger partial charge in [0.2, 0.25) is 0 Å². The van der Waals surface area contributed by atoms with Crippen LogP contribution in [0.3, 0.4) is 0 Å². The first-order valence-electron chi connectivity index (χ1n) is 7.30. The van der Waals surface area contributed by atoms with E-state index < -0.39 is 0 Å². The first kappa shape index (κ1) is 15.2. The second kappa shape index (κ2) is 6.98. The van der Waals surface area contributed by atoms with E-state index in [0.29, 0.717) is 22.5 Å². The lowest BCUT2D eigenvalue weighted by Gasteiger charge is -2.32. The molecule has 2 atom stereocenters. The second-order valence-electron chi connectivity index (χ2n) is 5.39. The van der Waals surface area contributed by atoms with Gasteiger partial charge in [0.25, 0.3) is 0 Å². The second-order valence-corrected chi connectivity index (χ2v) is 5.82. The number of rotatable bonds is 4. The highest BCUT2D eigenvalue weighted by Gasteiger charge is 2.25. The summed E-state index contributed by atoms with van der Waals surface area (Å²) >= 11 is 5.98. The third-order valence-electron chi connectivity index (χ3n) is 4.16. The summed E-state index contributed by atoms with van der Waals surface area (Å²) in [5, 5.41) is 4.08. The summed E-state index contributed by atoms with van der Waals surface area (Å²) in [6.45, 7) is 2.23. The molecule has 0 saturated heterocycles. The van der Waals surface area contributed by atoms with E-state index in [9.17, 15) is 4.79 Å². The van der Waals surface area contributed by atoms with Gasteiger partial charge in [0, 0.05) is 16.8 Å². The zero-order chi connectivity index (χ0) is 14.5. The van der Waals surface area contributed by atoms with E-state index in [-0.39, 0.29) is 5.97 Å². The van der Waals surface area contributed by atoms with Crippen LogP contribution in [0, 0.1) is 5.92 Å². The number of carbonyl (C=O) groups excluding carboxylic acids is 1. The Bertz CT molecular complexity index is 476. The van der Waals surface area contributed by atoms with E-state index in [1.54, 1.807) is 12.1 Å². The predicted molar refractivity (Wildman–Crippen MR) is 82.5 cm³/mol. The highest BCUT2D eigenvalue weighted by Crippen LogP contribution is 2.31. The van der Waals surface area contributed by atoms with E-state index in [1.807, 2.05) is 6.07 Å². The zero-order valence-corrected chi connectivity index (χ0v) is 12.9. The maximum absolute atomic E-state index is 11.9. The van der Waals surface area contributed by atoms with Crippen LogP contribution >= 0.6 is 11.6 Å². The van der Waals surface area contributed by atoms with Crippen molar-refractivity contribution in [1.29, 1.82) is 0 Å². The summed E-state index contributed by atoms with van der Waals surface area (Å²) in [5.74, 6) is 0.323. The summed E-state index contributed by atoms with van der Waals surface area (Å²) in [6, 6.07) is 5.77. The molecule has 0 aromatic heterocycles. The minimum absolute atomic E-state index is 0.348. The summed E-state index contributed by atoms with van der Waals surface area (Å²) in [5.41, 5.74) is 1.34. The smallest absolute Gasteiger partial charge is 0.340 e. The quantitative estimate of drug-likeness (QED) is 0.831. The normalized spacial score (nSPS) is 22.4. The van der Waals surface area contributed by atoms with Crippen molar-refractivity contribution >= 4 is 23.3 Å². The van der Waals surface area contributed by atoms with Gasteiger partial charge in [-0.2, -0.15) is 0 Å². The molecule has 2 unspecified atom stereocenters. The lowest BCUT2D eigenvalue weighted by Crippen LogP contribution is -2.32. The molecule has 1 fully saturated rings. The average Bonchev–Trinajstić information content (AvgIpc) is 2.48. The van der Waals surface area contributed by atoms with Crippen molar-refractivity contribution in [2.45, 2.75) is 45.1 Å². The van der Waals surface area contributed by atoms with Gasteiger partial charge >= 0.3 is 5.97 Å². The first-order chi connectivity index (χ1) is 9.65. The van der Waals surface area contributed by atoms with Crippen molar-refractivity contribution in [1.82, 2.24) is 0 Å². The number of carbonyl (C=O) groups is 1. The molecule has 110 valence electrons. The Morgan fingerprint density at radius 1 is 1.40 bits per heavy atom. The molecule has 1 aromatic carbocycles. The molecule has 1 saturated carbocycles. The molecule has 3 nitrogen and oxygen atoms in total. The molecule has 0 radical (unpaired) electrons. The number of methoxy groups -OCH3 is 1. The highest BCUT2D eigenvalue weighted by atomic mass is 35.5. The fourth-order valence-corrected chi connectivity index (χ4v) is 3.18. The van der Waals surface area contributed by atoms with Crippen LogP contribution in [0.1, 0.15) is 49.4 Å². The maximum Gasteiger partial charge on any atom is 0.340 e. The molecule has 0 amide bonds. The predicted octanol–water partition coefficient (Wildman–Crippen LogP) is 4.51. The van der Waals surface area contributed by atoms with E-state index in [4.69, 9.17) is 16.3 Å². The van der Waals surface area contributed by atoms with Crippen LogP contribution in [0.2, 0.25) is 5.02 Å². The largest absolute Gasteiger partial charge is 0.465 e. The van der Waals surface area contributed by atoms with Crippen LogP contribution in [-0.2, 0) is 4.74 Å². The number of hydrogen-bond donors (Lipinski definition) is 1. The third kappa shape index (κ3) is 3.45. The molecule has 0 bridgehead atoms. The maximum atomic E-state index is 11.9. The van der Waals surface area contributed by atoms with Crippen molar-refractivity contribution < 1.29 is 9.53 Å². The zero-order valence-electron chi connectivity index (χ0n) is 12.1. The van der Waals surface area contributed by atoms with Crippen LogP contribution in [-0.4, -0.2) is 19.1 Å². The lowest BCUT2D eigenvalue weighted by molar-refractivity contribution is 0.0601. The van der Waals surface area contributed by atoms with Crippen LogP contribution in [0.25, 0.3) is 0 Å². The first-order valence-corrected chi connectivity index (χ1v) is 7.68. The van der Waals surface area contributed by atoms with Gasteiger partial charge in [-0.1, -0.05) is 37.8 Å². The van der Waals surface area contributed by atoms with Gasteiger partial charge in [0.15, 0.2) is 0 Å². The van der Waals surface area contributed by atoms with E-state index in [2.05, 4.69) is 12.2 Å². The number of ether oxygens (including phenoxy) is 1. The van der Waals surface area contributed by atoms with E-state index in [1.165, 1.54) is 32.8 Å². The average molecular weight is 296 g/mol. The molecule has 1 aromatic rings. The fraction of sp³-hybridized carbons (Fsp3) is 0.562. The number of esters is 1. The molecule has 0 spiro atoms. The van der Waals surface area contributed by atoms with Crippen molar-refractivity contribution in [2.75, 3.05) is 12.4 Å². The van der Waals surface area contributed by atoms with Gasteiger partial charge in [-0.15, -0.1) is 0 Å². The Labute approximate surface area is 125 Å². The summed E-state index contributed by atoms with van der Waals surface area (Å²) in [4.78, 5) is 11.9. The third-order valence-corrected chi connectivity index (χ3v) is 4.40. The van der Waals surface area contributed by atoms with Crippen molar-refractivity contribution in [3.63, 3.8) is 0 Å². The van der Waals surface area contributed by atoms with Crippen molar-refractivity contribution in [3.8, 4) is 0 Å². The number of nitrogens with one attached hydrogen (secondary N) is 1. The van der Waals surface area contributed by atoms with Gasteiger partial charge in [0.05, 0.1) is 12.7 Å². The molecule has 1 aliphatic carbocycles. The van der Waals surface area contributed by atoms with Crippen molar-refractivity contribution in [2.24, 2.45) is 5.92 Å². The number of benzene rings is 1.